The van der Waals surface area contributed by atoms with Crippen molar-refractivity contribution in [1.29, 1.82) is 0 Å². The van der Waals surface area contributed by atoms with E-state index in [1.807, 2.05) is 0 Å². The van der Waals surface area contributed by atoms with Gasteiger partial charge < -0.3 is 15.2 Å². The molecule has 4 nitrogen and oxygen atoms in total. The molecule has 0 bridgehead atoms. The van der Waals surface area contributed by atoms with Gasteiger partial charge in [-0.15, -0.1) is 0 Å². The molecular weight excluding hydrogens is 192 g/mol. The Kier molecular flexibility index (Phi) is 3.61. The fraction of sp³-hybridized carbons (Fsp3) is 1.00. The zero-order valence-corrected chi connectivity index (χ0v) is 9.54. The molecular formula is C11H22N2O2. The Morgan fingerprint density at radius 2 is 2.40 bits per heavy atom. The highest BCUT2D eigenvalue weighted by Crippen LogP contribution is 2.35. The van der Waals surface area contributed by atoms with E-state index in [0.29, 0.717) is 12.6 Å². The van der Waals surface area contributed by atoms with E-state index >= 15 is 0 Å². The number of aliphatic hydroxyl groups is 1. The van der Waals surface area contributed by atoms with Gasteiger partial charge in [-0.3, -0.25) is 4.90 Å². The molecule has 2 saturated heterocycles. The first-order valence-electron chi connectivity index (χ1n) is 5.91. The Balaban J connectivity index is 1.95. The Bertz CT molecular complexity index is 213. The fourth-order valence-electron chi connectivity index (χ4n) is 3.08. The molecule has 2 unspecified atom stereocenters. The molecule has 0 spiro atoms. The van der Waals surface area contributed by atoms with Crippen LogP contribution in [0.5, 0.6) is 0 Å². The second-order valence-electron chi connectivity index (χ2n) is 4.68. The number of nitrogens with one attached hydrogen (secondary N) is 1. The highest BCUT2D eigenvalue weighted by atomic mass is 16.5. The average molecular weight is 214 g/mol. The molecule has 0 aromatic heterocycles. The van der Waals surface area contributed by atoms with Crippen LogP contribution in [-0.2, 0) is 4.74 Å². The molecule has 2 atom stereocenters. The molecule has 2 aliphatic rings. The molecule has 4 heteroatoms. The third-order valence-electron chi connectivity index (χ3n) is 3.91. The number of fused-ring (bicyclic) bond motifs is 1. The number of ether oxygens (including phenoxy) is 1. The number of nitrogens with zero attached hydrogens (tertiary/aromatic N) is 1. The summed E-state index contributed by atoms with van der Waals surface area (Å²) in [6.45, 7) is 4.14. The molecule has 0 aromatic rings. The largest absolute Gasteiger partial charge is 0.394 e. The third-order valence-corrected chi connectivity index (χ3v) is 3.91. The number of methoxy groups -OCH3 is 1. The van der Waals surface area contributed by atoms with Gasteiger partial charge in [0, 0.05) is 26.2 Å². The van der Waals surface area contributed by atoms with E-state index in [1.165, 1.54) is 19.4 Å². The predicted octanol–water partition coefficient (Wildman–Crippen LogP) is -0.178. The van der Waals surface area contributed by atoms with Crippen molar-refractivity contribution in [3.63, 3.8) is 0 Å². The zero-order chi connectivity index (χ0) is 10.7. The Morgan fingerprint density at radius 1 is 1.53 bits per heavy atom. The third kappa shape index (κ3) is 2.04. The van der Waals surface area contributed by atoms with E-state index in [-0.39, 0.29) is 12.1 Å². The maximum atomic E-state index is 9.63. The van der Waals surface area contributed by atoms with Gasteiger partial charge in [0.1, 0.15) is 0 Å². The van der Waals surface area contributed by atoms with E-state index in [0.717, 1.165) is 19.5 Å². The van der Waals surface area contributed by atoms with Crippen LogP contribution in [0.4, 0.5) is 0 Å². The summed E-state index contributed by atoms with van der Waals surface area (Å²) in [6.07, 6.45) is 3.57. The maximum Gasteiger partial charge on any atom is 0.0629 e. The first-order valence-corrected chi connectivity index (χ1v) is 5.91. The summed E-state index contributed by atoms with van der Waals surface area (Å²) in [7, 11) is 1.71. The number of aliphatic hydroxyl groups excluding tert-OH is 1. The minimum Gasteiger partial charge on any atom is -0.394 e. The first kappa shape index (κ1) is 11.3. The standard InChI is InChI=1S/C11H22N2O2/c1-15-8-5-12-11(9-14)4-7-13-6-2-3-10(11)13/h10,12,14H,2-9H2,1H3. The van der Waals surface area contributed by atoms with E-state index in [2.05, 4.69) is 10.2 Å². The van der Waals surface area contributed by atoms with Crippen LogP contribution >= 0.6 is 0 Å². The van der Waals surface area contributed by atoms with Crippen molar-refractivity contribution in [3.8, 4) is 0 Å². The second kappa shape index (κ2) is 4.78. The quantitative estimate of drug-likeness (QED) is 0.623. The van der Waals surface area contributed by atoms with E-state index in [1.54, 1.807) is 7.11 Å². The molecule has 15 heavy (non-hydrogen) atoms. The summed E-state index contributed by atoms with van der Waals surface area (Å²) < 4.78 is 5.04. The van der Waals surface area contributed by atoms with Crippen molar-refractivity contribution in [2.45, 2.75) is 30.8 Å². The van der Waals surface area contributed by atoms with Crippen molar-refractivity contribution in [2.75, 3.05) is 40.0 Å². The van der Waals surface area contributed by atoms with Crippen LogP contribution in [0.1, 0.15) is 19.3 Å². The summed E-state index contributed by atoms with van der Waals surface area (Å²) in [5.74, 6) is 0. The van der Waals surface area contributed by atoms with Crippen LogP contribution in [0.25, 0.3) is 0 Å². The summed E-state index contributed by atoms with van der Waals surface area (Å²) in [6, 6.07) is 0.541. The van der Waals surface area contributed by atoms with Gasteiger partial charge in [0.05, 0.1) is 18.8 Å². The number of hydrogen-bond acceptors (Lipinski definition) is 4. The lowest BCUT2D eigenvalue weighted by Crippen LogP contribution is -2.56. The Labute approximate surface area is 91.6 Å². The van der Waals surface area contributed by atoms with Crippen molar-refractivity contribution >= 4 is 0 Å². The summed E-state index contributed by atoms with van der Waals surface area (Å²) in [4.78, 5) is 2.51. The summed E-state index contributed by atoms with van der Waals surface area (Å²) in [5, 5.41) is 13.1. The summed E-state index contributed by atoms with van der Waals surface area (Å²) >= 11 is 0. The van der Waals surface area contributed by atoms with Crippen LogP contribution in [0, 0.1) is 0 Å². The smallest absolute Gasteiger partial charge is 0.0629 e. The maximum absolute atomic E-state index is 9.63. The lowest BCUT2D eigenvalue weighted by molar-refractivity contribution is 0.113. The van der Waals surface area contributed by atoms with Crippen LogP contribution in [0.3, 0.4) is 0 Å². The van der Waals surface area contributed by atoms with Crippen molar-refractivity contribution < 1.29 is 9.84 Å². The van der Waals surface area contributed by atoms with Crippen LogP contribution in [-0.4, -0.2) is 61.5 Å². The van der Waals surface area contributed by atoms with Gasteiger partial charge in [-0.25, -0.2) is 0 Å². The van der Waals surface area contributed by atoms with E-state index in [9.17, 15) is 5.11 Å². The molecule has 0 radical (unpaired) electrons. The SMILES string of the molecule is COCCNC1(CO)CCN2CCCC21. The molecule has 0 amide bonds. The molecule has 2 rings (SSSR count). The average Bonchev–Trinajstić information content (AvgIpc) is 2.82. The van der Waals surface area contributed by atoms with Crippen LogP contribution in [0.2, 0.25) is 0 Å². The van der Waals surface area contributed by atoms with Crippen molar-refractivity contribution in [1.82, 2.24) is 10.2 Å². The molecule has 2 N–H and O–H groups in total. The first-order chi connectivity index (χ1) is 7.32. The Hall–Kier alpha value is -0.160. The highest BCUT2D eigenvalue weighted by molar-refractivity contribution is 5.07. The molecule has 2 heterocycles. The van der Waals surface area contributed by atoms with Gasteiger partial charge in [-0.05, 0) is 25.8 Å². The van der Waals surface area contributed by atoms with E-state index in [4.69, 9.17) is 4.74 Å². The van der Waals surface area contributed by atoms with Gasteiger partial charge in [0.2, 0.25) is 0 Å². The zero-order valence-electron chi connectivity index (χ0n) is 9.54. The second-order valence-corrected chi connectivity index (χ2v) is 4.68. The molecule has 0 aromatic carbocycles. The number of hydrogen-bond donors (Lipinski definition) is 2. The predicted molar refractivity (Wildman–Crippen MR) is 58.9 cm³/mol. The molecule has 2 fully saturated rings. The van der Waals surface area contributed by atoms with Gasteiger partial charge in [0.25, 0.3) is 0 Å². The monoisotopic (exact) mass is 214 g/mol. The highest BCUT2D eigenvalue weighted by Gasteiger charge is 2.48. The van der Waals surface area contributed by atoms with Crippen molar-refractivity contribution in [2.24, 2.45) is 0 Å². The minimum absolute atomic E-state index is 0.0605. The van der Waals surface area contributed by atoms with Crippen molar-refractivity contribution in [3.05, 3.63) is 0 Å². The minimum atomic E-state index is -0.0605. The number of rotatable bonds is 5. The lowest BCUT2D eigenvalue weighted by Gasteiger charge is -2.34. The van der Waals surface area contributed by atoms with Gasteiger partial charge in [-0.1, -0.05) is 0 Å². The molecule has 0 aliphatic carbocycles. The molecule has 0 saturated carbocycles. The molecule has 88 valence electrons. The van der Waals surface area contributed by atoms with E-state index < -0.39 is 0 Å². The summed E-state index contributed by atoms with van der Waals surface area (Å²) in [5.41, 5.74) is -0.0605. The van der Waals surface area contributed by atoms with Gasteiger partial charge in [0.15, 0.2) is 0 Å². The normalized spacial score (nSPS) is 36.0. The topological polar surface area (TPSA) is 44.7 Å². The van der Waals surface area contributed by atoms with Gasteiger partial charge in [-0.2, -0.15) is 0 Å². The lowest BCUT2D eigenvalue weighted by atomic mass is 9.89. The fourth-order valence-corrected chi connectivity index (χ4v) is 3.08. The van der Waals surface area contributed by atoms with Gasteiger partial charge >= 0.3 is 0 Å². The Morgan fingerprint density at radius 3 is 3.13 bits per heavy atom. The van der Waals surface area contributed by atoms with Crippen LogP contribution < -0.4 is 5.32 Å². The molecule has 2 aliphatic heterocycles. The van der Waals surface area contributed by atoms with Crippen LogP contribution in [0.15, 0.2) is 0 Å².